The second kappa shape index (κ2) is 4.74. The zero-order chi connectivity index (χ0) is 12.4. The molecule has 0 spiro atoms. The average Bonchev–Trinajstić information content (AvgIpc) is 2.28. The molecule has 90 valence electrons. The summed E-state index contributed by atoms with van der Waals surface area (Å²) in [5.41, 5.74) is 2.26. The molecule has 17 heavy (non-hydrogen) atoms. The van der Waals surface area contributed by atoms with Crippen molar-refractivity contribution in [3.05, 3.63) is 36.5 Å². The molecule has 0 amide bonds. The van der Waals surface area contributed by atoms with Crippen LogP contribution in [0.4, 0.5) is 5.69 Å². The number of hydrogen-bond donors (Lipinski definition) is 0. The summed E-state index contributed by atoms with van der Waals surface area (Å²) >= 11 is 0. The molecule has 2 nitrogen and oxygen atoms in total. The van der Waals surface area contributed by atoms with Gasteiger partial charge in [-0.3, -0.25) is 4.98 Å². The van der Waals surface area contributed by atoms with Gasteiger partial charge in [-0.05, 0) is 39.8 Å². The first-order chi connectivity index (χ1) is 8.09. The molecular formula is C15H20N2. The van der Waals surface area contributed by atoms with Crippen LogP contribution in [-0.4, -0.2) is 17.1 Å². The summed E-state index contributed by atoms with van der Waals surface area (Å²) in [5.74, 6) is 0. The fourth-order valence-corrected chi connectivity index (χ4v) is 2.39. The van der Waals surface area contributed by atoms with E-state index < -0.39 is 0 Å². The van der Waals surface area contributed by atoms with Crippen LogP contribution in [0.1, 0.15) is 27.7 Å². The lowest BCUT2D eigenvalue weighted by atomic mass is 10.1. The third-order valence-corrected chi connectivity index (χ3v) is 2.99. The maximum atomic E-state index is 4.53. The van der Waals surface area contributed by atoms with Gasteiger partial charge < -0.3 is 4.90 Å². The third kappa shape index (κ3) is 2.41. The Morgan fingerprint density at radius 2 is 1.65 bits per heavy atom. The highest BCUT2D eigenvalue weighted by atomic mass is 15.2. The fraction of sp³-hybridized carbons (Fsp3) is 0.400. The van der Waals surface area contributed by atoms with Crippen LogP contribution in [-0.2, 0) is 0 Å². The number of anilines is 1. The SMILES string of the molecule is CC(C)N(c1cnc2ccccc2c1)C(C)C. The summed E-state index contributed by atoms with van der Waals surface area (Å²) in [6.45, 7) is 8.87. The predicted molar refractivity (Wildman–Crippen MR) is 74.5 cm³/mol. The number of rotatable bonds is 3. The van der Waals surface area contributed by atoms with Gasteiger partial charge in [0.05, 0.1) is 17.4 Å². The highest BCUT2D eigenvalue weighted by Crippen LogP contribution is 2.23. The van der Waals surface area contributed by atoms with E-state index in [9.17, 15) is 0 Å². The molecule has 0 saturated carbocycles. The molecule has 0 saturated heterocycles. The van der Waals surface area contributed by atoms with Gasteiger partial charge in [-0.2, -0.15) is 0 Å². The Balaban J connectivity index is 2.47. The molecule has 2 rings (SSSR count). The van der Waals surface area contributed by atoms with Gasteiger partial charge in [0.2, 0.25) is 0 Å². The molecule has 0 aliphatic rings. The van der Waals surface area contributed by atoms with E-state index in [0.717, 1.165) is 5.52 Å². The third-order valence-electron chi connectivity index (χ3n) is 2.99. The zero-order valence-electron chi connectivity index (χ0n) is 11.0. The Labute approximate surface area is 103 Å². The Kier molecular flexibility index (Phi) is 3.32. The van der Waals surface area contributed by atoms with Crippen molar-refractivity contribution in [1.29, 1.82) is 0 Å². The van der Waals surface area contributed by atoms with Crippen LogP contribution in [0.5, 0.6) is 0 Å². The van der Waals surface area contributed by atoms with Gasteiger partial charge in [-0.1, -0.05) is 18.2 Å². The second-order valence-corrected chi connectivity index (χ2v) is 4.98. The van der Waals surface area contributed by atoms with Crippen molar-refractivity contribution in [1.82, 2.24) is 4.98 Å². The molecule has 2 heteroatoms. The van der Waals surface area contributed by atoms with Gasteiger partial charge in [0.1, 0.15) is 0 Å². The van der Waals surface area contributed by atoms with Gasteiger partial charge in [0.25, 0.3) is 0 Å². The Morgan fingerprint density at radius 1 is 1.00 bits per heavy atom. The number of nitrogens with zero attached hydrogens (tertiary/aromatic N) is 2. The van der Waals surface area contributed by atoms with Crippen LogP contribution >= 0.6 is 0 Å². The average molecular weight is 228 g/mol. The summed E-state index contributed by atoms with van der Waals surface area (Å²) in [7, 11) is 0. The minimum absolute atomic E-state index is 0.484. The normalized spacial score (nSPS) is 11.4. The van der Waals surface area contributed by atoms with Crippen LogP contribution in [0.2, 0.25) is 0 Å². The maximum absolute atomic E-state index is 4.53. The lowest BCUT2D eigenvalue weighted by Crippen LogP contribution is -2.37. The lowest BCUT2D eigenvalue weighted by Gasteiger charge is -2.32. The first kappa shape index (κ1) is 11.9. The van der Waals surface area contributed by atoms with E-state index in [1.165, 1.54) is 11.1 Å². The van der Waals surface area contributed by atoms with E-state index in [2.05, 4.69) is 55.8 Å². The quantitative estimate of drug-likeness (QED) is 0.793. The first-order valence-corrected chi connectivity index (χ1v) is 6.22. The van der Waals surface area contributed by atoms with Crippen molar-refractivity contribution in [2.24, 2.45) is 0 Å². The number of para-hydroxylation sites is 1. The van der Waals surface area contributed by atoms with Gasteiger partial charge in [-0.25, -0.2) is 0 Å². The molecule has 0 unspecified atom stereocenters. The second-order valence-electron chi connectivity index (χ2n) is 4.98. The van der Waals surface area contributed by atoms with E-state index in [1.807, 2.05) is 18.3 Å². The molecular weight excluding hydrogens is 208 g/mol. The molecule has 1 heterocycles. The van der Waals surface area contributed by atoms with Crippen LogP contribution in [0.15, 0.2) is 36.5 Å². The van der Waals surface area contributed by atoms with E-state index in [0.29, 0.717) is 12.1 Å². The van der Waals surface area contributed by atoms with Crippen molar-refractivity contribution >= 4 is 16.6 Å². The summed E-state index contributed by atoms with van der Waals surface area (Å²) in [4.78, 5) is 6.91. The summed E-state index contributed by atoms with van der Waals surface area (Å²) in [6.07, 6.45) is 1.97. The van der Waals surface area contributed by atoms with Gasteiger partial charge in [0, 0.05) is 17.5 Å². The number of benzene rings is 1. The van der Waals surface area contributed by atoms with Crippen molar-refractivity contribution in [3.63, 3.8) is 0 Å². The van der Waals surface area contributed by atoms with E-state index in [4.69, 9.17) is 0 Å². The number of aromatic nitrogens is 1. The van der Waals surface area contributed by atoms with E-state index >= 15 is 0 Å². The van der Waals surface area contributed by atoms with Gasteiger partial charge in [0.15, 0.2) is 0 Å². The van der Waals surface area contributed by atoms with Crippen LogP contribution in [0, 0.1) is 0 Å². The number of pyridine rings is 1. The minimum atomic E-state index is 0.484. The highest BCUT2D eigenvalue weighted by molar-refractivity contribution is 5.81. The molecule has 0 atom stereocenters. The molecule has 0 fully saturated rings. The summed E-state index contributed by atoms with van der Waals surface area (Å²) < 4.78 is 0. The molecule has 1 aromatic carbocycles. The van der Waals surface area contributed by atoms with Gasteiger partial charge >= 0.3 is 0 Å². The molecule has 0 radical (unpaired) electrons. The van der Waals surface area contributed by atoms with Gasteiger partial charge in [-0.15, -0.1) is 0 Å². The topological polar surface area (TPSA) is 16.1 Å². The largest absolute Gasteiger partial charge is 0.365 e. The van der Waals surface area contributed by atoms with Crippen LogP contribution in [0.3, 0.4) is 0 Å². The Bertz CT molecular complexity index is 495. The predicted octanol–water partition coefficient (Wildman–Crippen LogP) is 3.86. The summed E-state index contributed by atoms with van der Waals surface area (Å²) in [5, 5.41) is 1.20. The van der Waals surface area contributed by atoms with Crippen LogP contribution < -0.4 is 4.90 Å². The van der Waals surface area contributed by atoms with E-state index in [1.54, 1.807) is 0 Å². The zero-order valence-corrected chi connectivity index (χ0v) is 11.0. The monoisotopic (exact) mass is 228 g/mol. The minimum Gasteiger partial charge on any atom is -0.365 e. The molecule has 2 aromatic rings. The molecule has 1 aromatic heterocycles. The van der Waals surface area contributed by atoms with Crippen molar-refractivity contribution in [3.8, 4) is 0 Å². The van der Waals surface area contributed by atoms with Crippen molar-refractivity contribution in [2.75, 3.05) is 4.90 Å². The fourth-order valence-electron chi connectivity index (χ4n) is 2.39. The highest BCUT2D eigenvalue weighted by Gasteiger charge is 2.14. The number of fused-ring (bicyclic) bond motifs is 1. The molecule has 0 bridgehead atoms. The molecule has 0 aliphatic carbocycles. The summed E-state index contributed by atoms with van der Waals surface area (Å²) in [6, 6.07) is 11.4. The Morgan fingerprint density at radius 3 is 2.29 bits per heavy atom. The lowest BCUT2D eigenvalue weighted by molar-refractivity contribution is 0.607. The first-order valence-electron chi connectivity index (χ1n) is 6.22. The molecule has 0 N–H and O–H groups in total. The number of hydrogen-bond acceptors (Lipinski definition) is 2. The van der Waals surface area contributed by atoms with Crippen molar-refractivity contribution in [2.45, 2.75) is 39.8 Å². The van der Waals surface area contributed by atoms with E-state index in [-0.39, 0.29) is 0 Å². The standard InChI is InChI=1S/C15H20N2/c1-11(2)17(12(3)4)14-9-13-7-5-6-8-15(13)16-10-14/h5-12H,1-4H3. The van der Waals surface area contributed by atoms with Crippen molar-refractivity contribution < 1.29 is 0 Å². The maximum Gasteiger partial charge on any atom is 0.0703 e. The Hall–Kier alpha value is -1.57. The smallest absolute Gasteiger partial charge is 0.0703 e. The van der Waals surface area contributed by atoms with Crippen LogP contribution in [0.25, 0.3) is 10.9 Å². The molecule has 0 aliphatic heterocycles.